The van der Waals surface area contributed by atoms with Crippen LogP contribution < -0.4 is 0 Å². The maximum atomic E-state index is 13.3. The predicted octanol–water partition coefficient (Wildman–Crippen LogP) is 7.12. The molecule has 0 bridgehead atoms. The van der Waals surface area contributed by atoms with E-state index in [2.05, 4.69) is 67.3 Å². The van der Waals surface area contributed by atoms with Crippen LogP contribution in [0, 0.1) is 17.7 Å². The van der Waals surface area contributed by atoms with Crippen LogP contribution in [0.4, 0.5) is 4.39 Å². The highest BCUT2D eigenvalue weighted by Gasteiger charge is 1.99. The van der Waals surface area contributed by atoms with Gasteiger partial charge in [0.25, 0.3) is 0 Å². The van der Waals surface area contributed by atoms with Crippen LogP contribution in [-0.4, -0.2) is 0 Å². The lowest BCUT2D eigenvalue weighted by molar-refractivity contribution is 0.630. The second-order valence-electron chi connectivity index (χ2n) is 7.72. The molecule has 0 nitrogen and oxygen atoms in total. The lowest BCUT2D eigenvalue weighted by Crippen LogP contribution is -1.92. The summed E-state index contributed by atoms with van der Waals surface area (Å²) >= 11 is 0. The van der Waals surface area contributed by atoms with Crippen LogP contribution in [0.3, 0.4) is 0 Å². The van der Waals surface area contributed by atoms with Gasteiger partial charge in [-0.15, -0.1) is 0 Å². The van der Waals surface area contributed by atoms with Crippen molar-refractivity contribution in [3.8, 4) is 11.8 Å². The van der Waals surface area contributed by atoms with Crippen LogP contribution in [0.5, 0.6) is 0 Å². The molecule has 0 amide bonds. The van der Waals surface area contributed by atoms with Gasteiger partial charge in [0.1, 0.15) is 5.82 Å². The van der Waals surface area contributed by atoms with Crippen molar-refractivity contribution in [3.63, 3.8) is 0 Å². The molecule has 30 heavy (non-hydrogen) atoms. The number of aryl methyl sites for hydroxylation is 3. The van der Waals surface area contributed by atoms with E-state index < -0.39 is 0 Å². The van der Waals surface area contributed by atoms with Crippen molar-refractivity contribution in [1.82, 2.24) is 0 Å². The van der Waals surface area contributed by atoms with Crippen LogP contribution in [0.15, 0.2) is 84.9 Å². The number of halogens is 1. The Morgan fingerprint density at radius 2 is 1.07 bits per heavy atom. The third kappa shape index (κ3) is 5.16. The Morgan fingerprint density at radius 1 is 0.567 bits per heavy atom. The van der Waals surface area contributed by atoms with Crippen molar-refractivity contribution in [1.29, 1.82) is 0 Å². The lowest BCUT2D eigenvalue weighted by atomic mass is 10.0. The van der Waals surface area contributed by atoms with Gasteiger partial charge in [-0.25, -0.2) is 4.39 Å². The summed E-state index contributed by atoms with van der Waals surface area (Å²) in [5.74, 6) is 6.24. The van der Waals surface area contributed by atoms with Gasteiger partial charge in [0.05, 0.1) is 0 Å². The van der Waals surface area contributed by atoms with E-state index in [9.17, 15) is 4.39 Å². The molecule has 0 atom stereocenters. The molecular formula is C29H25F. The Kier molecular flexibility index (Phi) is 6.26. The van der Waals surface area contributed by atoms with Gasteiger partial charge in [-0.2, -0.15) is 0 Å². The molecule has 0 unspecified atom stereocenters. The predicted molar refractivity (Wildman–Crippen MR) is 124 cm³/mol. The average Bonchev–Trinajstić information content (AvgIpc) is 2.78. The Balaban J connectivity index is 1.38. The summed E-state index contributed by atoms with van der Waals surface area (Å²) in [5.41, 5.74) is 6.06. The van der Waals surface area contributed by atoms with E-state index in [4.69, 9.17) is 0 Å². The topological polar surface area (TPSA) is 0 Å². The highest BCUT2D eigenvalue weighted by atomic mass is 19.1. The number of hydrogen-bond acceptors (Lipinski definition) is 0. The summed E-state index contributed by atoms with van der Waals surface area (Å²) in [6.45, 7) is 2.21. The maximum absolute atomic E-state index is 13.3. The molecule has 4 rings (SSSR count). The fourth-order valence-electron chi connectivity index (χ4n) is 3.64. The Labute approximate surface area is 178 Å². The molecule has 0 spiro atoms. The van der Waals surface area contributed by atoms with E-state index in [1.807, 2.05) is 18.2 Å². The second kappa shape index (κ2) is 9.42. The monoisotopic (exact) mass is 392 g/mol. The van der Waals surface area contributed by atoms with Crippen LogP contribution in [0.25, 0.3) is 10.8 Å². The molecule has 0 saturated carbocycles. The fourth-order valence-corrected chi connectivity index (χ4v) is 3.64. The quantitative estimate of drug-likeness (QED) is 0.317. The summed E-state index contributed by atoms with van der Waals surface area (Å²) in [4.78, 5) is 0. The summed E-state index contributed by atoms with van der Waals surface area (Å²) in [6, 6.07) is 28.2. The minimum absolute atomic E-state index is 0.213. The molecule has 0 heterocycles. The smallest absolute Gasteiger partial charge is 0.123 e. The third-order valence-corrected chi connectivity index (χ3v) is 5.37. The van der Waals surface area contributed by atoms with E-state index in [1.165, 1.54) is 29.2 Å². The molecular weight excluding hydrogens is 367 g/mol. The van der Waals surface area contributed by atoms with Gasteiger partial charge in [0, 0.05) is 11.1 Å². The first-order chi connectivity index (χ1) is 14.7. The zero-order chi connectivity index (χ0) is 20.8. The average molecular weight is 393 g/mol. The van der Waals surface area contributed by atoms with Gasteiger partial charge >= 0.3 is 0 Å². The first-order valence-corrected chi connectivity index (χ1v) is 10.6. The molecule has 0 aliphatic heterocycles. The zero-order valence-corrected chi connectivity index (χ0v) is 17.3. The van der Waals surface area contributed by atoms with Crippen LogP contribution in [0.1, 0.15) is 41.2 Å². The van der Waals surface area contributed by atoms with E-state index in [0.717, 1.165) is 41.2 Å². The van der Waals surface area contributed by atoms with Crippen molar-refractivity contribution in [2.24, 2.45) is 0 Å². The molecule has 0 saturated heterocycles. The van der Waals surface area contributed by atoms with Crippen LogP contribution >= 0.6 is 0 Å². The summed E-state index contributed by atoms with van der Waals surface area (Å²) in [6.07, 6.45) is 4.42. The molecule has 0 aliphatic rings. The highest BCUT2D eigenvalue weighted by molar-refractivity contribution is 5.83. The molecule has 0 aliphatic carbocycles. The van der Waals surface area contributed by atoms with Gasteiger partial charge in [-0.05, 0) is 83.1 Å². The number of fused-ring (bicyclic) bond motifs is 1. The molecule has 0 fully saturated rings. The van der Waals surface area contributed by atoms with Gasteiger partial charge in [-0.1, -0.05) is 73.7 Å². The fraction of sp³-hybridized carbons (Fsp3) is 0.172. The van der Waals surface area contributed by atoms with Gasteiger partial charge in [0.15, 0.2) is 0 Å². The number of rotatable bonds is 5. The van der Waals surface area contributed by atoms with Gasteiger partial charge in [0.2, 0.25) is 0 Å². The second-order valence-corrected chi connectivity index (χ2v) is 7.72. The molecule has 0 radical (unpaired) electrons. The molecule has 0 N–H and O–H groups in total. The molecule has 1 heteroatoms. The summed E-state index contributed by atoms with van der Waals surface area (Å²) in [5, 5.41) is 1.89. The van der Waals surface area contributed by atoms with Crippen molar-refractivity contribution >= 4 is 10.8 Å². The minimum atomic E-state index is -0.213. The molecule has 148 valence electrons. The Morgan fingerprint density at radius 3 is 1.73 bits per heavy atom. The van der Waals surface area contributed by atoms with Crippen LogP contribution in [0.2, 0.25) is 0 Å². The van der Waals surface area contributed by atoms with Crippen molar-refractivity contribution in [2.75, 3.05) is 0 Å². The number of hydrogen-bond donors (Lipinski definition) is 0. The van der Waals surface area contributed by atoms with E-state index in [1.54, 1.807) is 12.1 Å². The summed E-state index contributed by atoms with van der Waals surface area (Å²) < 4.78 is 13.3. The maximum Gasteiger partial charge on any atom is 0.123 e. The Hall–Kier alpha value is -3.37. The highest BCUT2D eigenvalue weighted by Crippen LogP contribution is 2.17. The van der Waals surface area contributed by atoms with E-state index >= 15 is 0 Å². The first kappa shape index (κ1) is 19.9. The largest absolute Gasteiger partial charge is 0.207 e. The van der Waals surface area contributed by atoms with Crippen LogP contribution in [-0.2, 0) is 19.3 Å². The van der Waals surface area contributed by atoms with Gasteiger partial charge < -0.3 is 0 Å². The first-order valence-electron chi connectivity index (χ1n) is 10.6. The number of benzene rings is 4. The van der Waals surface area contributed by atoms with Crippen molar-refractivity contribution in [2.45, 2.75) is 32.6 Å². The van der Waals surface area contributed by atoms with Gasteiger partial charge in [-0.3, -0.25) is 0 Å². The zero-order valence-electron chi connectivity index (χ0n) is 17.3. The molecule has 4 aromatic carbocycles. The van der Waals surface area contributed by atoms with E-state index in [-0.39, 0.29) is 5.82 Å². The van der Waals surface area contributed by atoms with E-state index in [0.29, 0.717) is 0 Å². The molecule has 4 aromatic rings. The lowest BCUT2D eigenvalue weighted by Gasteiger charge is -2.04. The minimum Gasteiger partial charge on any atom is -0.207 e. The standard InChI is InChI=1S/C29H25F/c1-2-3-22-4-6-23(7-5-22)8-9-24-10-12-25(13-11-24)14-15-26-16-17-28-21-29(30)19-18-27(28)20-26/h4-7,10-13,16-21H,2-3,8-9H2,1H3. The summed E-state index contributed by atoms with van der Waals surface area (Å²) in [7, 11) is 0. The normalized spacial score (nSPS) is 10.6. The Bertz CT molecular complexity index is 1190. The molecule has 0 aromatic heterocycles. The SMILES string of the molecule is CCCc1ccc(CCc2ccc(C#Cc3ccc4cc(F)ccc4c3)cc2)cc1. The van der Waals surface area contributed by atoms with Crippen molar-refractivity contribution in [3.05, 3.63) is 119 Å². The van der Waals surface area contributed by atoms with Crippen molar-refractivity contribution < 1.29 is 4.39 Å². The third-order valence-electron chi connectivity index (χ3n) is 5.37.